The Hall–Kier alpha value is -0.310. The summed E-state index contributed by atoms with van der Waals surface area (Å²) in [5.41, 5.74) is -2.02. The molecular weight excluding hydrogens is 122 g/mol. The first-order chi connectivity index (χ1) is 3.18. The molecule has 0 aliphatic rings. The van der Waals surface area contributed by atoms with Crippen LogP contribution in [0, 0.1) is 0 Å². The number of carbonyl (C=O) groups excluding carboxylic acids is 1. The van der Waals surface area contributed by atoms with Gasteiger partial charge < -0.3 is 4.74 Å². The lowest BCUT2D eigenvalue weighted by Gasteiger charge is -1.92. The molecule has 0 aliphatic heterocycles. The molecule has 0 bridgehead atoms. The third kappa shape index (κ3) is 2.39. The van der Waals surface area contributed by atoms with Gasteiger partial charge in [-0.1, -0.05) is 11.6 Å². The first-order valence-electron chi connectivity index (χ1n) is 1.54. The lowest BCUT2D eigenvalue weighted by Crippen LogP contribution is -2.09. The summed E-state index contributed by atoms with van der Waals surface area (Å²) in [6.45, 7) is 0. The molecule has 0 saturated carbocycles. The zero-order valence-electron chi connectivity index (χ0n) is 3.65. The summed E-state index contributed by atoms with van der Waals surface area (Å²) < 4.78 is 15.3. The average Bonchev–Trinajstić information content (AvgIpc) is 1.65. The number of alkyl halides is 2. The van der Waals surface area contributed by atoms with E-state index in [9.17, 15) is 9.18 Å². The van der Waals surface area contributed by atoms with Crippen LogP contribution in [-0.2, 0) is 9.53 Å². The summed E-state index contributed by atoms with van der Waals surface area (Å²) in [7, 11) is 1.07. The van der Waals surface area contributed by atoms with Gasteiger partial charge in [0.05, 0.1) is 7.11 Å². The van der Waals surface area contributed by atoms with Crippen LogP contribution in [0.2, 0.25) is 0 Å². The molecule has 0 amide bonds. The quantitative estimate of drug-likeness (QED) is 0.382. The lowest BCUT2D eigenvalue weighted by atomic mass is 10.8. The summed E-state index contributed by atoms with van der Waals surface area (Å²) >= 11 is 4.59. The summed E-state index contributed by atoms with van der Waals surface area (Å²) in [5, 5.41) is 0. The first-order valence-corrected chi connectivity index (χ1v) is 1.98. The normalized spacial score (nSPS) is 13.0. The van der Waals surface area contributed by atoms with Gasteiger partial charge in [0.25, 0.3) is 5.63 Å². The van der Waals surface area contributed by atoms with Crippen molar-refractivity contribution >= 4 is 17.6 Å². The summed E-state index contributed by atoms with van der Waals surface area (Å²) in [6.07, 6.45) is 0. The van der Waals surface area contributed by atoms with Gasteiger partial charge in [-0.3, -0.25) is 0 Å². The molecule has 1 atom stereocenters. The first kappa shape index (κ1) is 6.69. The van der Waals surface area contributed by atoms with Crippen LogP contribution in [0.5, 0.6) is 0 Å². The fourth-order valence-corrected chi connectivity index (χ4v) is 0.178. The standard InChI is InChI=1S/C3H4ClFO2/c1-7-3(6)2(4)5/h2H,1H3. The summed E-state index contributed by atoms with van der Waals surface area (Å²) in [4.78, 5) is 9.78. The van der Waals surface area contributed by atoms with Crippen molar-refractivity contribution in [1.82, 2.24) is 0 Å². The Morgan fingerprint density at radius 1 is 2.00 bits per heavy atom. The second-order valence-corrected chi connectivity index (χ2v) is 1.21. The van der Waals surface area contributed by atoms with Crippen molar-refractivity contribution in [1.29, 1.82) is 0 Å². The Morgan fingerprint density at radius 3 is 2.43 bits per heavy atom. The smallest absolute Gasteiger partial charge is 0.356 e. The molecule has 1 unspecified atom stereocenters. The van der Waals surface area contributed by atoms with Crippen LogP contribution < -0.4 is 0 Å². The predicted molar refractivity (Wildman–Crippen MR) is 22.8 cm³/mol. The largest absolute Gasteiger partial charge is 0.466 e. The maximum atomic E-state index is 11.4. The fraction of sp³-hybridized carbons (Fsp3) is 0.667. The predicted octanol–water partition coefficient (Wildman–Crippen LogP) is 0.694. The van der Waals surface area contributed by atoms with Crippen LogP contribution >= 0.6 is 11.6 Å². The van der Waals surface area contributed by atoms with Gasteiger partial charge in [0.15, 0.2) is 0 Å². The van der Waals surface area contributed by atoms with Crippen molar-refractivity contribution in [2.75, 3.05) is 7.11 Å². The zero-order valence-corrected chi connectivity index (χ0v) is 4.41. The second-order valence-electron chi connectivity index (χ2n) is 0.824. The van der Waals surface area contributed by atoms with Gasteiger partial charge in [-0.15, -0.1) is 0 Å². The van der Waals surface area contributed by atoms with Gasteiger partial charge in [-0.25, -0.2) is 9.18 Å². The maximum Gasteiger partial charge on any atom is 0.356 e. The van der Waals surface area contributed by atoms with Crippen LogP contribution in [-0.4, -0.2) is 18.7 Å². The fourth-order valence-electron chi connectivity index (χ4n) is 0.0891. The van der Waals surface area contributed by atoms with Gasteiger partial charge >= 0.3 is 5.97 Å². The summed E-state index contributed by atoms with van der Waals surface area (Å²) in [6, 6.07) is 0. The van der Waals surface area contributed by atoms with Gasteiger partial charge in [0.2, 0.25) is 0 Å². The molecule has 0 heterocycles. The van der Waals surface area contributed by atoms with E-state index in [1.807, 2.05) is 0 Å². The van der Waals surface area contributed by atoms with E-state index >= 15 is 0 Å². The van der Waals surface area contributed by atoms with E-state index in [1.54, 1.807) is 0 Å². The Labute approximate surface area is 45.2 Å². The number of esters is 1. The minimum absolute atomic E-state index is 1.05. The van der Waals surface area contributed by atoms with E-state index in [0.29, 0.717) is 0 Å². The molecule has 0 aliphatic carbocycles. The Bertz CT molecular complexity index is 73.3. The minimum atomic E-state index is -2.02. The third-order valence-corrected chi connectivity index (χ3v) is 0.558. The number of halogens is 2. The number of methoxy groups -OCH3 is 1. The monoisotopic (exact) mass is 126 g/mol. The molecule has 0 aromatic rings. The Balaban J connectivity index is 3.35. The number of hydrogen-bond donors (Lipinski definition) is 0. The molecule has 2 nitrogen and oxygen atoms in total. The molecule has 0 fully saturated rings. The van der Waals surface area contributed by atoms with Gasteiger partial charge in [0.1, 0.15) is 0 Å². The van der Waals surface area contributed by atoms with Crippen molar-refractivity contribution in [2.24, 2.45) is 0 Å². The van der Waals surface area contributed by atoms with Crippen LogP contribution in [0.3, 0.4) is 0 Å². The molecular formula is C3H4ClFO2. The van der Waals surface area contributed by atoms with Crippen molar-refractivity contribution in [3.05, 3.63) is 0 Å². The van der Waals surface area contributed by atoms with Gasteiger partial charge in [-0.05, 0) is 0 Å². The average molecular weight is 127 g/mol. The highest BCUT2D eigenvalue weighted by atomic mass is 35.5. The Morgan fingerprint density at radius 2 is 2.43 bits per heavy atom. The molecule has 0 aromatic carbocycles. The minimum Gasteiger partial charge on any atom is -0.466 e. The molecule has 7 heavy (non-hydrogen) atoms. The van der Waals surface area contributed by atoms with Gasteiger partial charge in [-0.2, -0.15) is 0 Å². The lowest BCUT2D eigenvalue weighted by molar-refractivity contribution is -0.143. The topological polar surface area (TPSA) is 26.3 Å². The van der Waals surface area contributed by atoms with E-state index < -0.39 is 11.6 Å². The summed E-state index contributed by atoms with van der Waals surface area (Å²) in [5.74, 6) is -1.05. The van der Waals surface area contributed by atoms with Crippen molar-refractivity contribution in [2.45, 2.75) is 5.63 Å². The molecule has 4 heteroatoms. The second kappa shape index (κ2) is 2.80. The van der Waals surface area contributed by atoms with E-state index in [-0.39, 0.29) is 0 Å². The molecule has 0 rings (SSSR count). The third-order valence-electron chi connectivity index (χ3n) is 0.379. The molecule has 0 spiro atoms. The van der Waals surface area contributed by atoms with E-state index in [0.717, 1.165) is 7.11 Å². The highest BCUT2D eigenvalue weighted by Gasteiger charge is 2.11. The molecule has 0 N–H and O–H groups in total. The maximum absolute atomic E-state index is 11.4. The Kier molecular flexibility index (Phi) is 2.67. The van der Waals surface area contributed by atoms with Crippen molar-refractivity contribution < 1.29 is 13.9 Å². The van der Waals surface area contributed by atoms with Crippen LogP contribution in [0.4, 0.5) is 4.39 Å². The number of carbonyl (C=O) groups is 1. The highest BCUT2D eigenvalue weighted by Crippen LogP contribution is 1.96. The van der Waals surface area contributed by atoms with E-state index in [4.69, 9.17) is 0 Å². The molecule has 0 saturated heterocycles. The van der Waals surface area contributed by atoms with E-state index in [1.165, 1.54) is 0 Å². The van der Waals surface area contributed by atoms with Crippen LogP contribution in [0.15, 0.2) is 0 Å². The zero-order chi connectivity index (χ0) is 5.86. The van der Waals surface area contributed by atoms with Gasteiger partial charge in [0, 0.05) is 0 Å². The molecule has 0 aromatic heterocycles. The molecule has 42 valence electrons. The van der Waals surface area contributed by atoms with Crippen LogP contribution in [0.1, 0.15) is 0 Å². The van der Waals surface area contributed by atoms with E-state index in [2.05, 4.69) is 16.3 Å². The van der Waals surface area contributed by atoms with Crippen molar-refractivity contribution in [3.63, 3.8) is 0 Å². The number of rotatable bonds is 1. The van der Waals surface area contributed by atoms with Crippen molar-refractivity contribution in [3.8, 4) is 0 Å². The highest BCUT2D eigenvalue weighted by molar-refractivity contribution is 6.28. The SMILES string of the molecule is COC(=O)C(F)Cl. The molecule has 0 radical (unpaired) electrons. The number of hydrogen-bond acceptors (Lipinski definition) is 2. The van der Waals surface area contributed by atoms with Crippen LogP contribution in [0.25, 0.3) is 0 Å². The number of ether oxygens (including phenoxy) is 1.